The van der Waals surface area contributed by atoms with Gasteiger partial charge in [0.05, 0.1) is 34.5 Å². The summed E-state index contributed by atoms with van der Waals surface area (Å²) in [4.78, 5) is 25.5. The first kappa shape index (κ1) is 23.7. The van der Waals surface area contributed by atoms with Crippen molar-refractivity contribution in [1.82, 2.24) is 19.6 Å². The van der Waals surface area contributed by atoms with Gasteiger partial charge in [-0.15, -0.1) is 0 Å². The monoisotopic (exact) mass is 495 g/mol. The largest absolute Gasteiger partial charge is 0.418 e. The van der Waals surface area contributed by atoms with E-state index >= 15 is 0 Å². The number of alkyl halides is 3. The number of aromatic nitrogens is 4. The van der Waals surface area contributed by atoms with Crippen LogP contribution in [-0.4, -0.2) is 45.4 Å². The summed E-state index contributed by atoms with van der Waals surface area (Å²) in [7, 11) is -3.23. The van der Waals surface area contributed by atoms with Crippen LogP contribution < -0.4 is 10.7 Å². The Morgan fingerprint density at radius 3 is 2.50 bits per heavy atom. The van der Waals surface area contributed by atoms with Crippen LogP contribution in [0, 0.1) is 13.8 Å². The molecule has 0 saturated carbocycles. The Morgan fingerprint density at radius 2 is 1.85 bits per heavy atom. The molecule has 0 radical (unpaired) electrons. The van der Waals surface area contributed by atoms with Crippen LogP contribution in [0.25, 0.3) is 5.69 Å². The molecular weight excluding hydrogens is 475 g/mol. The fraction of sp³-hybridized carbons (Fsp3) is 0.333. The van der Waals surface area contributed by atoms with Crippen molar-refractivity contribution in [3.8, 4) is 5.69 Å². The predicted molar refractivity (Wildman–Crippen MR) is 117 cm³/mol. The van der Waals surface area contributed by atoms with Crippen LogP contribution in [0.1, 0.15) is 39.9 Å². The van der Waals surface area contributed by atoms with E-state index in [0.29, 0.717) is 12.1 Å². The molecule has 2 aromatic heterocycles. The summed E-state index contributed by atoms with van der Waals surface area (Å²) in [5.41, 5.74) is -2.09. The van der Waals surface area contributed by atoms with Gasteiger partial charge >= 0.3 is 6.18 Å². The number of hydrogen-bond acceptors (Lipinski definition) is 6. The number of carbonyl (C=O) groups is 1. The zero-order valence-corrected chi connectivity index (χ0v) is 18.9. The first-order chi connectivity index (χ1) is 15.9. The summed E-state index contributed by atoms with van der Waals surface area (Å²) < 4.78 is 66.5. The Bertz CT molecular complexity index is 1440. The van der Waals surface area contributed by atoms with Crippen LogP contribution >= 0.6 is 0 Å². The molecular formula is C21H20F3N5O4S. The number of amides is 1. The van der Waals surface area contributed by atoms with Crippen molar-refractivity contribution < 1.29 is 26.4 Å². The van der Waals surface area contributed by atoms with Gasteiger partial charge in [-0.2, -0.15) is 23.4 Å². The van der Waals surface area contributed by atoms with Gasteiger partial charge in [-0.25, -0.2) is 17.8 Å². The molecule has 180 valence electrons. The topological polar surface area (TPSA) is 116 Å². The molecule has 1 fully saturated rings. The van der Waals surface area contributed by atoms with E-state index in [1.165, 1.54) is 35.9 Å². The molecule has 13 heteroatoms. The predicted octanol–water partition coefficient (Wildman–Crippen LogP) is 2.68. The van der Waals surface area contributed by atoms with Crippen molar-refractivity contribution in [1.29, 1.82) is 0 Å². The minimum absolute atomic E-state index is 0.00714. The van der Waals surface area contributed by atoms with E-state index in [9.17, 15) is 31.2 Å². The normalized spacial score (nSPS) is 17.6. The molecule has 0 bridgehead atoms. The smallest absolute Gasteiger partial charge is 0.305 e. The summed E-state index contributed by atoms with van der Waals surface area (Å²) in [5, 5.41) is 10.7. The highest BCUT2D eigenvalue weighted by atomic mass is 32.2. The molecule has 0 aliphatic carbocycles. The van der Waals surface area contributed by atoms with E-state index in [1.54, 1.807) is 6.92 Å². The van der Waals surface area contributed by atoms with Gasteiger partial charge in [0.15, 0.2) is 15.5 Å². The lowest BCUT2D eigenvalue weighted by atomic mass is 10.1. The van der Waals surface area contributed by atoms with Crippen molar-refractivity contribution in [3.63, 3.8) is 0 Å². The second-order valence-corrected chi connectivity index (χ2v) is 10.3. The number of nitrogens with one attached hydrogen (secondary N) is 1. The van der Waals surface area contributed by atoms with Gasteiger partial charge in [0, 0.05) is 17.8 Å². The number of halogens is 3. The van der Waals surface area contributed by atoms with Gasteiger partial charge in [0.1, 0.15) is 5.82 Å². The Balaban J connectivity index is 1.72. The standard InChI is InChI=1S/C21H20F3N5O4S/c1-12-9-18(29(26-12)14-7-8-34(32,33)11-14)25-20(31)19-17(30)10-13(2)28(27-19)16-6-4-3-5-15(16)21(22,23)24/h3-6,9-10,14H,7-8,11H2,1-2H3,(H,25,31). The molecule has 1 unspecified atom stereocenters. The van der Waals surface area contributed by atoms with Crippen LogP contribution in [0.5, 0.6) is 0 Å². The molecule has 1 aliphatic rings. The molecule has 1 atom stereocenters. The molecule has 34 heavy (non-hydrogen) atoms. The fourth-order valence-electron chi connectivity index (χ4n) is 3.88. The number of nitrogens with zero attached hydrogens (tertiary/aromatic N) is 4. The maximum atomic E-state index is 13.5. The summed E-state index contributed by atoms with van der Waals surface area (Å²) in [6, 6.07) is 6.73. The van der Waals surface area contributed by atoms with Crippen molar-refractivity contribution in [2.75, 3.05) is 16.8 Å². The summed E-state index contributed by atoms with van der Waals surface area (Å²) >= 11 is 0. The second-order valence-electron chi connectivity index (χ2n) is 8.05. The third-order valence-corrected chi connectivity index (χ3v) is 7.16. The summed E-state index contributed by atoms with van der Waals surface area (Å²) in [5.74, 6) is -0.938. The summed E-state index contributed by atoms with van der Waals surface area (Å²) in [6.07, 6.45) is -4.36. The lowest BCUT2D eigenvalue weighted by Crippen LogP contribution is -2.28. The quantitative estimate of drug-likeness (QED) is 0.595. The number of carbonyl (C=O) groups excluding carboxylic acids is 1. The van der Waals surface area contributed by atoms with Crippen molar-refractivity contribution in [2.24, 2.45) is 0 Å². The van der Waals surface area contributed by atoms with Crippen LogP contribution in [0.4, 0.5) is 19.0 Å². The van der Waals surface area contributed by atoms with E-state index in [2.05, 4.69) is 15.5 Å². The van der Waals surface area contributed by atoms with Crippen LogP contribution in [0.15, 0.2) is 41.2 Å². The third-order valence-electron chi connectivity index (χ3n) is 5.41. The van der Waals surface area contributed by atoms with Gasteiger partial charge in [-0.1, -0.05) is 12.1 Å². The highest BCUT2D eigenvalue weighted by Crippen LogP contribution is 2.33. The first-order valence-corrected chi connectivity index (χ1v) is 12.0. The number of benzene rings is 1. The fourth-order valence-corrected chi connectivity index (χ4v) is 5.57. The van der Waals surface area contributed by atoms with Crippen molar-refractivity contribution >= 4 is 21.6 Å². The van der Waals surface area contributed by atoms with Gasteiger partial charge in [0.25, 0.3) is 5.91 Å². The van der Waals surface area contributed by atoms with E-state index < -0.39 is 44.6 Å². The zero-order valence-electron chi connectivity index (χ0n) is 18.1. The molecule has 3 aromatic rings. The highest BCUT2D eigenvalue weighted by Gasteiger charge is 2.35. The molecule has 0 spiro atoms. The molecule has 1 N–H and O–H groups in total. The minimum Gasteiger partial charge on any atom is -0.305 e. The number of hydrogen-bond donors (Lipinski definition) is 1. The number of anilines is 1. The Morgan fingerprint density at radius 1 is 1.15 bits per heavy atom. The highest BCUT2D eigenvalue weighted by molar-refractivity contribution is 7.91. The first-order valence-electron chi connectivity index (χ1n) is 10.2. The van der Waals surface area contributed by atoms with Crippen LogP contribution in [0.2, 0.25) is 0 Å². The SMILES string of the molecule is Cc1cc(NC(=O)c2nn(-c3ccccc3C(F)(F)F)c(C)cc2=O)n(C2CCS(=O)(=O)C2)n1. The maximum Gasteiger partial charge on any atom is 0.418 e. The number of aryl methyl sites for hydroxylation is 2. The minimum atomic E-state index is -4.68. The molecule has 1 saturated heterocycles. The van der Waals surface area contributed by atoms with Gasteiger partial charge in [-0.3, -0.25) is 9.59 Å². The Hall–Kier alpha value is -3.48. The zero-order chi connectivity index (χ0) is 24.8. The van der Waals surface area contributed by atoms with E-state index in [-0.39, 0.29) is 28.7 Å². The average Bonchev–Trinajstić information content (AvgIpc) is 3.28. The molecule has 1 aromatic carbocycles. The lowest BCUT2D eigenvalue weighted by molar-refractivity contribution is -0.137. The number of para-hydroxylation sites is 1. The Kier molecular flexibility index (Phi) is 5.84. The number of rotatable bonds is 4. The summed E-state index contributed by atoms with van der Waals surface area (Å²) in [6.45, 7) is 3.06. The van der Waals surface area contributed by atoms with E-state index in [0.717, 1.165) is 16.8 Å². The molecule has 3 heterocycles. The molecule has 1 aliphatic heterocycles. The number of sulfone groups is 1. The van der Waals surface area contributed by atoms with Crippen LogP contribution in [0.3, 0.4) is 0 Å². The van der Waals surface area contributed by atoms with Crippen molar-refractivity contribution in [2.45, 2.75) is 32.5 Å². The van der Waals surface area contributed by atoms with Crippen molar-refractivity contribution in [3.05, 3.63) is 69.3 Å². The van der Waals surface area contributed by atoms with E-state index in [4.69, 9.17) is 0 Å². The second kappa shape index (κ2) is 8.38. The van der Waals surface area contributed by atoms with Crippen LogP contribution in [-0.2, 0) is 16.0 Å². The van der Waals surface area contributed by atoms with Gasteiger partial charge < -0.3 is 5.32 Å². The van der Waals surface area contributed by atoms with Gasteiger partial charge in [-0.05, 0) is 32.4 Å². The molecule has 4 rings (SSSR count). The Labute approximate surface area is 192 Å². The molecule has 9 nitrogen and oxygen atoms in total. The lowest BCUT2D eigenvalue weighted by Gasteiger charge is -2.17. The molecule has 1 amide bonds. The van der Waals surface area contributed by atoms with Gasteiger partial charge in [0.2, 0.25) is 5.43 Å². The third kappa shape index (κ3) is 4.60. The van der Waals surface area contributed by atoms with E-state index in [1.807, 2.05) is 0 Å². The maximum absolute atomic E-state index is 13.5. The average molecular weight is 495 g/mol.